The Labute approximate surface area is 194 Å². The molecule has 4 aromatic rings. The van der Waals surface area contributed by atoms with Gasteiger partial charge in [0.05, 0.1) is 25.9 Å². The molecule has 1 N–H and O–H groups in total. The number of benzene rings is 4. The fourth-order valence-electron chi connectivity index (χ4n) is 4.21. The fourth-order valence-corrected chi connectivity index (χ4v) is 8.29. The second-order valence-corrected chi connectivity index (χ2v) is 10.8. The Hall–Kier alpha value is -3.46. The quantitative estimate of drug-likeness (QED) is 0.359. The van der Waals surface area contributed by atoms with Gasteiger partial charge >= 0.3 is 6.09 Å². The first-order chi connectivity index (χ1) is 16.2. The SMILES string of the molecule is COC(=O)N=P(c1ccccc1)(c1ccccc1)C(c1ccccc1)C(O)c1ccccc1. The van der Waals surface area contributed by atoms with Crippen molar-refractivity contribution < 1.29 is 14.6 Å². The highest BCUT2D eigenvalue weighted by Crippen LogP contribution is 2.64. The third-order valence-electron chi connectivity index (χ3n) is 5.70. The minimum Gasteiger partial charge on any atom is -0.451 e. The second-order valence-electron chi connectivity index (χ2n) is 7.64. The first-order valence-corrected chi connectivity index (χ1v) is 12.6. The molecule has 2 atom stereocenters. The lowest BCUT2D eigenvalue weighted by Gasteiger charge is -2.37. The van der Waals surface area contributed by atoms with Crippen molar-refractivity contribution in [2.75, 3.05) is 7.11 Å². The van der Waals surface area contributed by atoms with Gasteiger partial charge < -0.3 is 9.84 Å². The molecule has 0 aromatic heterocycles. The van der Waals surface area contributed by atoms with Gasteiger partial charge in [-0.1, -0.05) is 121 Å². The number of aliphatic hydroxyl groups excluding tert-OH is 1. The van der Waals surface area contributed by atoms with Crippen molar-refractivity contribution >= 4 is 23.8 Å². The smallest absolute Gasteiger partial charge is 0.432 e. The van der Waals surface area contributed by atoms with Crippen LogP contribution in [-0.2, 0) is 4.74 Å². The zero-order chi connectivity index (χ0) is 23.1. The molecule has 0 fully saturated rings. The molecule has 33 heavy (non-hydrogen) atoms. The Morgan fingerprint density at radius 2 is 1.09 bits per heavy atom. The largest absolute Gasteiger partial charge is 0.451 e. The minimum absolute atomic E-state index is 0.509. The third kappa shape index (κ3) is 4.68. The summed E-state index contributed by atoms with van der Waals surface area (Å²) in [7, 11) is -1.59. The molecule has 0 bridgehead atoms. The molecule has 5 heteroatoms. The maximum Gasteiger partial charge on any atom is 0.432 e. The average molecular weight is 455 g/mol. The second kappa shape index (κ2) is 10.4. The number of hydrogen-bond acceptors (Lipinski definition) is 3. The summed E-state index contributed by atoms with van der Waals surface area (Å²) in [5.41, 5.74) is 1.16. The van der Waals surface area contributed by atoms with Crippen molar-refractivity contribution in [3.8, 4) is 0 Å². The van der Waals surface area contributed by atoms with E-state index in [0.717, 1.165) is 21.7 Å². The average Bonchev–Trinajstić information content (AvgIpc) is 2.90. The molecule has 0 radical (unpaired) electrons. The van der Waals surface area contributed by atoms with Crippen molar-refractivity contribution in [1.29, 1.82) is 0 Å². The molecule has 4 rings (SSSR count). The maximum absolute atomic E-state index is 12.8. The van der Waals surface area contributed by atoms with E-state index in [9.17, 15) is 9.90 Å². The van der Waals surface area contributed by atoms with Crippen molar-refractivity contribution in [2.24, 2.45) is 4.74 Å². The van der Waals surface area contributed by atoms with Gasteiger partial charge in [0.1, 0.15) is 0 Å². The van der Waals surface area contributed by atoms with Gasteiger partial charge in [0.25, 0.3) is 0 Å². The molecular weight excluding hydrogens is 429 g/mol. The van der Waals surface area contributed by atoms with Crippen LogP contribution in [0.2, 0.25) is 0 Å². The highest BCUT2D eigenvalue weighted by Gasteiger charge is 2.41. The predicted octanol–water partition coefficient (Wildman–Crippen LogP) is 6.08. The zero-order valence-corrected chi connectivity index (χ0v) is 19.3. The lowest BCUT2D eigenvalue weighted by atomic mass is 10.0. The van der Waals surface area contributed by atoms with E-state index in [0.29, 0.717) is 0 Å². The van der Waals surface area contributed by atoms with E-state index >= 15 is 0 Å². The first-order valence-electron chi connectivity index (χ1n) is 10.8. The number of nitrogens with zero attached hydrogens (tertiary/aromatic N) is 1. The Kier molecular flexibility index (Phi) is 7.19. The fraction of sp³-hybridized carbons (Fsp3) is 0.107. The van der Waals surface area contributed by atoms with Crippen molar-refractivity contribution in [1.82, 2.24) is 0 Å². The molecule has 2 unspecified atom stereocenters. The Morgan fingerprint density at radius 3 is 1.52 bits per heavy atom. The summed E-state index contributed by atoms with van der Waals surface area (Å²) in [5, 5.41) is 13.7. The number of carbonyl (C=O) groups is 1. The molecule has 0 spiro atoms. The maximum atomic E-state index is 12.8. The van der Waals surface area contributed by atoms with Crippen LogP contribution in [-0.4, -0.2) is 18.3 Å². The molecule has 0 heterocycles. The van der Waals surface area contributed by atoms with Gasteiger partial charge in [0.2, 0.25) is 0 Å². The summed E-state index contributed by atoms with van der Waals surface area (Å²) < 4.78 is 9.84. The molecule has 0 aliphatic heterocycles. The molecular formula is C28H26NO3P. The Bertz CT molecular complexity index is 1190. The van der Waals surface area contributed by atoms with Gasteiger partial charge in [-0.25, -0.2) is 4.79 Å². The van der Waals surface area contributed by atoms with Crippen LogP contribution in [0.3, 0.4) is 0 Å². The molecule has 4 aromatic carbocycles. The van der Waals surface area contributed by atoms with E-state index in [1.54, 1.807) is 0 Å². The number of rotatable bonds is 6. The summed E-state index contributed by atoms with van der Waals surface area (Å²) in [4.78, 5) is 12.8. The van der Waals surface area contributed by atoms with Gasteiger partial charge in [-0.15, -0.1) is 0 Å². The van der Waals surface area contributed by atoms with Crippen LogP contribution in [0.25, 0.3) is 0 Å². The van der Waals surface area contributed by atoms with Crippen LogP contribution < -0.4 is 10.6 Å². The molecule has 0 saturated heterocycles. The summed E-state index contributed by atoms with van der Waals surface area (Å²) in [6.45, 7) is 0. The number of carbonyl (C=O) groups excluding carboxylic acids is 1. The Balaban J connectivity index is 2.12. The van der Waals surface area contributed by atoms with Gasteiger partial charge in [0, 0.05) is 0 Å². The van der Waals surface area contributed by atoms with Crippen LogP contribution in [0.1, 0.15) is 22.9 Å². The van der Waals surface area contributed by atoms with Gasteiger partial charge in [-0.05, 0) is 21.7 Å². The van der Waals surface area contributed by atoms with Crippen molar-refractivity contribution in [3.05, 3.63) is 132 Å². The highest BCUT2D eigenvalue weighted by atomic mass is 31.2. The normalized spacial score (nSPS) is 13.0. The first kappa shape index (κ1) is 22.7. The number of amides is 1. The number of aliphatic hydroxyl groups is 1. The summed E-state index contributed by atoms with van der Waals surface area (Å²) >= 11 is 0. The number of ether oxygens (including phenoxy) is 1. The lowest BCUT2D eigenvalue weighted by Crippen LogP contribution is -2.26. The van der Waals surface area contributed by atoms with Gasteiger partial charge in [0.15, 0.2) is 0 Å². The van der Waals surface area contributed by atoms with E-state index in [-0.39, 0.29) is 0 Å². The van der Waals surface area contributed by atoms with Gasteiger partial charge in [-0.3, -0.25) is 0 Å². The minimum atomic E-state index is -2.93. The molecule has 0 aliphatic rings. The summed E-state index contributed by atoms with van der Waals surface area (Å²) in [6, 6.07) is 38.9. The molecule has 0 aliphatic carbocycles. The Morgan fingerprint density at radius 1 is 0.697 bits per heavy atom. The lowest BCUT2D eigenvalue weighted by molar-refractivity contribution is 0.172. The van der Waals surface area contributed by atoms with Gasteiger partial charge in [-0.2, -0.15) is 4.74 Å². The van der Waals surface area contributed by atoms with Crippen molar-refractivity contribution in [2.45, 2.75) is 11.8 Å². The molecule has 166 valence electrons. The number of methoxy groups -OCH3 is 1. The van der Waals surface area contributed by atoms with E-state index in [2.05, 4.69) is 0 Å². The van der Waals surface area contributed by atoms with Crippen LogP contribution >= 0.6 is 7.05 Å². The van der Waals surface area contributed by atoms with E-state index < -0.39 is 24.9 Å². The standard InChI is InChI=1S/C28H26NO3P/c1-32-28(31)29-33(24-18-10-4-11-19-24,25-20-12-5-13-21-25)27(23-16-8-3-9-17-23)26(30)22-14-6-2-7-15-22/h2-21,26-27,30H,1H3. The third-order valence-corrected chi connectivity index (χ3v) is 9.73. The summed E-state index contributed by atoms with van der Waals surface area (Å²) in [5.74, 6) is 0. The monoisotopic (exact) mass is 455 g/mol. The molecule has 4 nitrogen and oxygen atoms in total. The van der Waals surface area contributed by atoms with Crippen molar-refractivity contribution in [3.63, 3.8) is 0 Å². The van der Waals surface area contributed by atoms with E-state index in [1.807, 2.05) is 121 Å². The molecule has 1 amide bonds. The van der Waals surface area contributed by atoms with E-state index in [4.69, 9.17) is 9.48 Å². The highest BCUT2D eigenvalue weighted by molar-refractivity contribution is 7.81. The van der Waals surface area contributed by atoms with Crippen LogP contribution in [0, 0.1) is 0 Å². The topological polar surface area (TPSA) is 58.9 Å². The van der Waals surface area contributed by atoms with Crippen LogP contribution in [0.5, 0.6) is 0 Å². The van der Waals surface area contributed by atoms with Crippen LogP contribution in [0.15, 0.2) is 126 Å². The zero-order valence-electron chi connectivity index (χ0n) is 18.4. The molecule has 0 saturated carbocycles. The summed E-state index contributed by atoms with van der Waals surface area (Å²) in [6.07, 6.45) is -1.56. The predicted molar refractivity (Wildman–Crippen MR) is 134 cm³/mol. The number of hydrogen-bond donors (Lipinski definition) is 1. The van der Waals surface area contributed by atoms with E-state index in [1.165, 1.54) is 7.11 Å². The van der Waals surface area contributed by atoms with Crippen LogP contribution in [0.4, 0.5) is 4.79 Å².